The van der Waals surface area contributed by atoms with E-state index in [1.54, 1.807) is 18.3 Å². The van der Waals surface area contributed by atoms with Crippen LogP contribution in [0.25, 0.3) is 0 Å². The molecule has 1 aromatic carbocycles. The highest BCUT2D eigenvalue weighted by atomic mass is 19.4. The van der Waals surface area contributed by atoms with Gasteiger partial charge in [0.15, 0.2) is 0 Å². The van der Waals surface area contributed by atoms with Gasteiger partial charge in [-0.15, -0.1) is 5.53 Å². The number of halogens is 3. The molecule has 0 fully saturated rings. The van der Waals surface area contributed by atoms with Crippen LogP contribution >= 0.6 is 0 Å². The number of hydrazine groups is 2. The first-order valence-corrected chi connectivity index (χ1v) is 9.23. The van der Waals surface area contributed by atoms with Crippen molar-refractivity contribution in [3.8, 4) is 6.07 Å². The second kappa shape index (κ2) is 7.40. The van der Waals surface area contributed by atoms with Crippen LogP contribution < -0.4 is 15.9 Å². The van der Waals surface area contributed by atoms with E-state index in [9.17, 15) is 13.2 Å². The first-order valence-electron chi connectivity index (χ1n) is 9.23. The molecule has 0 saturated carbocycles. The summed E-state index contributed by atoms with van der Waals surface area (Å²) in [6, 6.07) is 5.51. The fourth-order valence-electron chi connectivity index (χ4n) is 3.81. The minimum Gasteiger partial charge on any atom is -0.365 e. The fraction of sp³-hybridized carbons (Fsp3) is 0.450. The number of benzene rings is 1. The molecule has 1 aliphatic heterocycles. The van der Waals surface area contributed by atoms with Gasteiger partial charge in [-0.3, -0.25) is 5.01 Å². The molecule has 0 radical (unpaired) electrons. The number of alkyl halides is 3. The van der Waals surface area contributed by atoms with E-state index in [0.717, 1.165) is 24.6 Å². The van der Waals surface area contributed by atoms with E-state index in [1.165, 1.54) is 6.07 Å². The lowest BCUT2D eigenvalue weighted by molar-refractivity contribution is -0.137. The Hall–Kier alpha value is -2.66. The monoisotopic (exact) mass is 391 g/mol. The Balaban J connectivity index is 2.02. The summed E-state index contributed by atoms with van der Waals surface area (Å²) in [4.78, 5) is 1.97. The van der Waals surface area contributed by atoms with Gasteiger partial charge in [0.05, 0.1) is 23.2 Å². The summed E-state index contributed by atoms with van der Waals surface area (Å²) in [7, 11) is 0. The zero-order chi connectivity index (χ0) is 20.5. The SMILES string of the molecule is CCN(c1ccc(C#N)c(C(F)(F)F)c1)C1C=C(N2C=CNN2)CCC1(C)C. The maximum atomic E-state index is 13.4. The fourth-order valence-corrected chi connectivity index (χ4v) is 3.81. The van der Waals surface area contributed by atoms with Gasteiger partial charge in [0.1, 0.15) is 0 Å². The zero-order valence-electron chi connectivity index (χ0n) is 16.1. The Labute approximate surface area is 163 Å². The summed E-state index contributed by atoms with van der Waals surface area (Å²) in [6.45, 7) is 6.74. The molecule has 0 saturated heterocycles. The molecule has 8 heteroatoms. The highest BCUT2D eigenvalue weighted by Crippen LogP contribution is 2.41. The van der Waals surface area contributed by atoms with Crippen LogP contribution in [0.15, 0.2) is 42.4 Å². The van der Waals surface area contributed by atoms with Gasteiger partial charge in [0.25, 0.3) is 0 Å². The van der Waals surface area contributed by atoms with Crippen molar-refractivity contribution >= 4 is 5.69 Å². The summed E-state index contributed by atoms with van der Waals surface area (Å²) < 4.78 is 40.3. The molecule has 0 amide bonds. The van der Waals surface area contributed by atoms with Crippen molar-refractivity contribution in [2.45, 2.75) is 45.8 Å². The van der Waals surface area contributed by atoms with Crippen LogP contribution in [0.4, 0.5) is 18.9 Å². The number of likely N-dealkylation sites (N-methyl/N-ethyl adjacent to an activating group) is 1. The zero-order valence-corrected chi connectivity index (χ0v) is 16.1. The molecule has 2 N–H and O–H groups in total. The summed E-state index contributed by atoms with van der Waals surface area (Å²) in [6.07, 6.45) is 2.96. The first kappa shape index (κ1) is 20.1. The van der Waals surface area contributed by atoms with Crippen LogP contribution in [0.2, 0.25) is 0 Å². The molecule has 1 aromatic rings. The maximum Gasteiger partial charge on any atom is 0.417 e. The minimum atomic E-state index is -4.57. The first-order chi connectivity index (χ1) is 13.2. The number of hydrogen-bond donors (Lipinski definition) is 2. The molecule has 1 unspecified atom stereocenters. The molecular formula is C20H24F3N5. The van der Waals surface area contributed by atoms with E-state index in [2.05, 4.69) is 30.9 Å². The molecular weight excluding hydrogens is 367 g/mol. The quantitative estimate of drug-likeness (QED) is 0.803. The standard InChI is InChI=1S/C20H24F3N5/c1-4-27(15-6-5-14(13-24)17(11-15)20(21,22)23)18-12-16(7-8-19(18,2)3)28-10-9-25-26-28/h5-6,9-12,18,25-26H,4,7-8H2,1-3H3. The molecule has 150 valence electrons. The lowest BCUT2D eigenvalue weighted by Crippen LogP contribution is -2.48. The lowest BCUT2D eigenvalue weighted by atomic mass is 9.74. The van der Waals surface area contributed by atoms with E-state index >= 15 is 0 Å². The van der Waals surface area contributed by atoms with Crippen LogP contribution in [-0.4, -0.2) is 17.6 Å². The van der Waals surface area contributed by atoms with E-state index in [1.807, 2.05) is 23.0 Å². The van der Waals surface area contributed by atoms with E-state index < -0.39 is 11.7 Å². The van der Waals surface area contributed by atoms with Crippen molar-refractivity contribution in [3.05, 3.63) is 53.5 Å². The predicted molar refractivity (Wildman–Crippen MR) is 101 cm³/mol. The summed E-state index contributed by atoms with van der Waals surface area (Å²) in [5.74, 6) is 0. The summed E-state index contributed by atoms with van der Waals surface area (Å²) in [5.41, 5.74) is 6.08. The number of nitrogens with zero attached hydrogens (tertiary/aromatic N) is 3. The van der Waals surface area contributed by atoms with Crippen LogP contribution in [0, 0.1) is 16.7 Å². The second-order valence-electron chi connectivity index (χ2n) is 7.66. The van der Waals surface area contributed by atoms with Crippen molar-refractivity contribution in [1.29, 1.82) is 5.26 Å². The topological polar surface area (TPSA) is 54.3 Å². The third kappa shape index (κ3) is 3.80. The van der Waals surface area contributed by atoms with Crippen molar-refractivity contribution in [3.63, 3.8) is 0 Å². The number of anilines is 1. The predicted octanol–water partition coefficient (Wildman–Crippen LogP) is 4.27. The Morgan fingerprint density at radius 2 is 2.11 bits per heavy atom. The molecule has 0 bridgehead atoms. The number of hydrogen-bond acceptors (Lipinski definition) is 5. The van der Waals surface area contributed by atoms with Crippen molar-refractivity contribution in [2.75, 3.05) is 11.4 Å². The molecule has 1 heterocycles. The molecule has 1 atom stereocenters. The van der Waals surface area contributed by atoms with Crippen LogP contribution in [0.1, 0.15) is 44.7 Å². The normalized spacial score (nSPS) is 21.1. The molecule has 1 aliphatic carbocycles. The Kier molecular flexibility index (Phi) is 5.31. The largest absolute Gasteiger partial charge is 0.417 e. The second-order valence-corrected chi connectivity index (χ2v) is 7.66. The van der Waals surface area contributed by atoms with Gasteiger partial charge in [-0.25, -0.2) is 0 Å². The van der Waals surface area contributed by atoms with Crippen molar-refractivity contribution < 1.29 is 13.2 Å². The number of nitrogens with one attached hydrogen (secondary N) is 2. The van der Waals surface area contributed by atoms with Gasteiger partial charge < -0.3 is 10.3 Å². The number of nitriles is 1. The third-order valence-electron chi connectivity index (χ3n) is 5.41. The number of rotatable bonds is 4. The van der Waals surface area contributed by atoms with Gasteiger partial charge >= 0.3 is 6.18 Å². The van der Waals surface area contributed by atoms with Crippen LogP contribution in [-0.2, 0) is 6.18 Å². The van der Waals surface area contributed by atoms with Crippen LogP contribution in [0.5, 0.6) is 0 Å². The lowest BCUT2D eigenvalue weighted by Gasteiger charge is -2.45. The molecule has 5 nitrogen and oxygen atoms in total. The maximum absolute atomic E-state index is 13.4. The summed E-state index contributed by atoms with van der Waals surface area (Å²) in [5, 5.41) is 10.9. The highest BCUT2D eigenvalue weighted by Gasteiger charge is 2.38. The Morgan fingerprint density at radius 3 is 2.68 bits per heavy atom. The van der Waals surface area contributed by atoms with E-state index in [0.29, 0.717) is 12.2 Å². The molecule has 28 heavy (non-hydrogen) atoms. The minimum absolute atomic E-state index is 0.0916. The van der Waals surface area contributed by atoms with Crippen molar-refractivity contribution in [1.82, 2.24) is 16.0 Å². The van der Waals surface area contributed by atoms with E-state index in [4.69, 9.17) is 5.26 Å². The van der Waals surface area contributed by atoms with Crippen molar-refractivity contribution in [2.24, 2.45) is 5.41 Å². The van der Waals surface area contributed by atoms with Gasteiger partial charge in [-0.2, -0.15) is 18.4 Å². The van der Waals surface area contributed by atoms with Gasteiger partial charge in [-0.1, -0.05) is 13.8 Å². The molecule has 2 aliphatic rings. The third-order valence-corrected chi connectivity index (χ3v) is 5.41. The van der Waals surface area contributed by atoms with Gasteiger partial charge in [0, 0.05) is 30.3 Å². The average Bonchev–Trinajstić information content (AvgIpc) is 3.17. The number of allylic oxidation sites excluding steroid dienone is 1. The van der Waals surface area contributed by atoms with Crippen LogP contribution in [0.3, 0.4) is 0 Å². The van der Waals surface area contributed by atoms with Gasteiger partial charge in [-0.05, 0) is 49.5 Å². The average molecular weight is 391 g/mol. The summed E-state index contributed by atoms with van der Waals surface area (Å²) >= 11 is 0. The molecule has 0 aromatic heterocycles. The highest BCUT2D eigenvalue weighted by molar-refractivity contribution is 5.56. The smallest absolute Gasteiger partial charge is 0.365 e. The van der Waals surface area contributed by atoms with E-state index in [-0.39, 0.29) is 17.0 Å². The molecule has 3 rings (SSSR count). The Bertz CT molecular complexity index is 835. The Morgan fingerprint density at radius 1 is 1.36 bits per heavy atom. The van der Waals surface area contributed by atoms with Gasteiger partial charge in [0.2, 0.25) is 0 Å². The molecule has 0 spiro atoms.